The topological polar surface area (TPSA) is 61.4 Å². The second kappa shape index (κ2) is 9.02. The molecule has 3 rings (SSSR count). The fraction of sp³-hybridized carbons (Fsp3) is 0.333. The van der Waals surface area contributed by atoms with Crippen molar-refractivity contribution in [2.75, 3.05) is 19.6 Å². The summed E-state index contributed by atoms with van der Waals surface area (Å²) in [6, 6.07) is 17.5. The molecule has 0 aliphatic carbocycles. The second-order valence-electron chi connectivity index (χ2n) is 6.80. The van der Waals surface area contributed by atoms with Gasteiger partial charge in [-0.25, -0.2) is 0 Å². The van der Waals surface area contributed by atoms with Gasteiger partial charge in [0.2, 0.25) is 5.91 Å². The van der Waals surface area contributed by atoms with E-state index in [9.17, 15) is 9.59 Å². The lowest BCUT2D eigenvalue weighted by atomic mass is 10.1. The van der Waals surface area contributed by atoms with Crippen molar-refractivity contribution in [1.29, 1.82) is 0 Å². The van der Waals surface area contributed by atoms with E-state index >= 15 is 0 Å². The molecule has 142 valence electrons. The van der Waals surface area contributed by atoms with Crippen molar-refractivity contribution >= 4 is 23.4 Å². The third kappa shape index (κ3) is 5.08. The van der Waals surface area contributed by atoms with Crippen molar-refractivity contribution in [3.63, 3.8) is 0 Å². The lowest BCUT2D eigenvalue weighted by Crippen LogP contribution is -2.43. The number of hydrogen-bond acceptors (Lipinski definition) is 3. The average Bonchev–Trinajstić information content (AvgIpc) is 3.15. The second-order valence-corrected chi connectivity index (χ2v) is 7.20. The Morgan fingerprint density at radius 2 is 1.85 bits per heavy atom. The van der Waals surface area contributed by atoms with Crippen molar-refractivity contribution < 1.29 is 9.59 Å². The first-order valence-corrected chi connectivity index (χ1v) is 9.53. The molecule has 0 bridgehead atoms. The van der Waals surface area contributed by atoms with Gasteiger partial charge in [0.05, 0.1) is 17.1 Å². The van der Waals surface area contributed by atoms with Crippen LogP contribution in [0.25, 0.3) is 0 Å². The minimum Gasteiger partial charge on any atom is -0.350 e. The van der Waals surface area contributed by atoms with Crippen LogP contribution in [0.1, 0.15) is 35.3 Å². The normalized spacial score (nSPS) is 18.1. The molecular weight excluding hydrogens is 362 g/mol. The fourth-order valence-electron chi connectivity index (χ4n) is 3.38. The molecule has 1 saturated heterocycles. The molecule has 2 aromatic rings. The first-order valence-electron chi connectivity index (χ1n) is 9.15. The predicted molar refractivity (Wildman–Crippen MR) is 107 cm³/mol. The zero-order valence-corrected chi connectivity index (χ0v) is 16.1. The summed E-state index contributed by atoms with van der Waals surface area (Å²) in [5, 5.41) is 6.00. The third-order valence-corrected chi connectivity index (χ3v) is 5.27. The molecule has 2 amide bonds. The number of rotatable bonds is 6. The lowest BCUT2D eigenvalue weighted by Gasteiger charge is -2.24. The predicted octanol–water partition coefficient (Wildman–Crippen LogP) is 3.02. The lowest BCUT2D eigenvalue weighted by molar-refractivity contribution is -0.120. The van der Waals surface area contributed by atoms with Crippen LogP contribution in [-0.2, 0) is 4.79 Å². The van der Waals surface area contributed by atoms with E-state index in [0.29, 0.717) is 16.6 Å². The Bertz CT molecular complexity index is 797. The number of nitrogens with one attached hydrogen (secondary N) is 2. The highest BCUT2D eigenvalue weighted by atomic mass is 35.5. The summed E-state index contributed by atoms with van der Waals surface area (Å²) in [5.41, 5.74) is 1.65. The largest absolute Gasteiger partial charge is 0.350 e. The maximum absolute atomic E-state index is 12.2. The molecule has 1 fully saturated rings. The highest BCUT2D eigenvalue weighted by molar-refractivity contribution is 6.33. The molecule has 6 heteroatoms. The number of benzene rings is 2. The molecule has 0 radical (unpaired) electrons. The molecule has 2 N–H and O–H groups in total. The Hall–Kier alpha value is -2.37. The molecule has 0 spiro atoms. The number of halogens is 1. The number of hydrogen-bond donors (Lipinski definition) is 2. The highest BCUT2D eigenvalue weighted by Crippen LogP contribution is 2.24. The maximum Gasteiger partial charge on any atom is 0.253 e. The van der Waals surface area contributed by atoms with Crippen LogP contribution in [0, 0.1) is 0 Å². The highest BCUT2D eigenvalue weighted by Gasteiger charge is 2.27. The SMILES string of the molecule is CC(c1ccccc1)N1CCC(NC(=O)CNC(=O)c2ccccc2Cl)C1. The van der Waals surface area contributed by atoms with Crippen LogP contribution in [0.3, 0.4) is 0 Å². The van der Waals surface area contributed by atoms with Crippen LogP contribution in [0.2, 0.25) is 5.02 Å². The van der Waals surface area contributed by atoms with Gasteiger partial charge in [0, 0.05) is 25.2 Å². The smallest absolute Gasteiger partial charge is 0.253 e. The summed E-state index contributed by atoms with van der Waals surface area (Å²) in [5.74, 6) is -0.531. The van der Waals surface area contributed by atoms with E-state index in [-0.39, 0.29) is 24.4 Å². The first-order chi connectivity index (χ1) is 13.0. The zero-order valence-electron chi connectivity index (χ0n) is 15.3. The summed E-state index contributed by atoms with van der Waals surface area (Å²) >= 11 is 6.00. The molecular formula is C21H24ClN3O2. The van der Waals surface area contributed by atoms with E-state index in [1.807, 2.05) is 18.2 Å². The first kappa shape index (κ1) is 19.4. The van der Waals surface area contributed by atoms with E-state index < -0.39 is 0 Å². The molecule has 1 heterocycles. The monoisotopic (exact) mass is 385 g/mol. The molecule has 1 aliphatic heterocycles. The van der Waals surface area contributed by atoms with Crippen molar-refractivity contribution in [2.45, 2.75) is 25.4 Å². The van der Waals surface area contributed by atoms with Crippen LogP contribution in [-0.4, -0.2) is 42.4 Å². The quantitative estimate of drug-likeness (QED) is 0.803. The van der Waals surface area contributed by atoms with Crippen molar-refractivity contribution in [3.05, 3.63) is 70.7 Å². The minimum atomic E-state index is -0.346. The molecule has 1 aliphatic rings. The number of amides is 2. The van der Waals surface area contributed by atoms with Crippen LogP contribution in [0.4, 0.5) is 0 Å². The van der Waals surface area contributed by atoms with Gasteiger partial charge in [-0.05, 0) is 31.0 Å². The molecule has 0 aromatic heterocycles. The van der Waals surface area contributed by atoms with Gasteiger partial charge in [-0.2, -0.15) is 0 Å². The summed E-state index contributed by atoms with van der Waals surface area (Å²) < 4.78 is 0. The van der Waals surface area contributed by atoms with Gasteiger partial charge in [0.15, 0.2) is 0 Å². The number of nitrogens with zero attached hydrogens (tertiary/aromatic N) is 1. The van der Waals surface area contributed by atoms with E-state index in [4.69, 9.17) is 11.6 Å². The summed E-state index contributed by atoms with van der Waals surface area (Å²) in [6.07, 6.45) is 0.904. The van der Waals surface area contributed by atoms with Crippen LogP contribution in [0.5, 0.6) is 0 Å². The summed E-state index contributed by atoms with van der Waals surface area (Å²) in [7, 11) is 0. The zero-order chi connectivity index (χ0) is 19.2. The Morgan fingerprint density at radius 3 is 2.59 bits per heavy atom. The summed E-state index contributed by atoms with van der Waals surface area (Å²) in [4.78, 5) is 26.7. The van der Waals surface area contributed by atoms with E-state index in [1.54, 1.807) is 24.3 Å². The van der Waals surface area contributed by atoms with E-state index in [0.717, 1.165) is 19.5 Å². The van der Waals surface area contributed by atoms with E-state index in [1.165, 1.54) is 5.56 Å². The molecule has 27 heavy (non-hydrogen) atoms. The van der Waals surface area contributed by atoms with Crippen molar-refractivity contribution in [3.8, 4) is 0 Å². The molecule has 2 aromatic carbocycles. The number of carbonyl (C=O) groups excluding carboxylic acids is 2. The van der Waals surface area contributed by atoms with Gasteiger partial charge >= 0.3 is 0 Å². The van der Waals surface area contributed by atoms with Gasteiger partial charge in [0.1, 0.15) is 0 Å². The Morgan fingerprint density at radius 1 is 1.15 bits per heavy atom. The number of carbonyl (C=O) groups is 2. The van der Waals surface area contributed by atoms with Gasteiger partial charge in [-0.1, -0.05) is 54.1 Å². The van der Waals surface area contributed by atoms with Gasteiger partial charge in [-0.15, -0.1) is 0 Å². The summed E-state index contributed by atoms with van der Waals surface area (Å²) in [6.45, 7) is 3.87. The maximum atomic E-state index is 12.2. The van der Waals surface area contributed by atoms with E-state index in [2.05, 4.69) is 34.6 Å². The molecule has 0 saturated carbocycles. The van der Waals surface area contributed by atoms with Crippen molar-refractivity contribution in [1.82, 2.24) is 15.5 Å². The molecule has 5 nitrogen and oxygen atoms in total. The molecule has 2 atom stereocenters. The Kier molecular flexibility index (Phi) is 6.48. The fourth-order valence-corrected chi connectivity index (χ4v) is 3.60. The molecule has 2 unspecified atom stereocenters. The number of likely N-dealkylation sites (tertiary alicyclic amines) is 1. The average molecular weight is 386 g/mol. The van der Waals surface area contributed by atoms with Crippen LogP contribution >= 0.6 is 11.6 Å². The van der Waals surface area contributed by atoms with Crippen molar-refractivity contribution in [2.24, 2.45) is 0 Å². The van der Waals surface area contributed by atoms with Crippen LogP contribution < -0.4 is 10.6 Å². The van der Waals surface area contributed by atoms with Gasteiger partial charge < -0.3 is 10.6 Å². The van der Waals surface area contributed by atoms with Crippen LogP contribution in [0.15, 0.2) is 54.6 Å². The Labute approximate surface area is 164 Å². The third-order valence-electron chi connectivity index (χ3n) is 4.94. The minimum absolute atomic E-state index is 0.0607. The van der Waals surface area contributed by atoms with Gasteiger partial charge in [-0.3, -0.25) is 14.5 Å². The Balaban J connectivity index is 1.45. The standard InChI is InChI=1S/C21H24ClN3O2/c1-15(16-7-3-2-4-8-16)25-12-11-17(14-25)24-20(26)13-23-21(27)18-9-5-6-10-19(18)22/h2-10,15,17H,11-14H2,1H3,(H,23,27)(H,24,26). The van der Waals surface area contributed by atoms with Gasteiger partial charge in [0.25, 0.3) is 5.91 Å².